The quantitative estimate of drug-likeness (QED) is 0.398. The molecule has 1 unspecified atom stereocenters. The second-order valence-corrected chi connectivity index (χ2v) is 4.21. The van der Waals surface area contributed by atoms with E-state index in [1.54, 1.807) is 0 Å². The summed E-state index contributed by atoms with van der Waals surface area (Å²) in [5.74, 6) is -2.76. The predicted octanol–water partition coefficient (Wildman–Crippen LogP) is -0.796. The van der Waals surface area contributed by atoms with Crippen LogP contribution in [0.2, 0.25) is 0 Å². The molecule has 0 amide bonds. The molecule has 0 aromatic carbocycles. The van der Waals surface area contributed by atoms with Crippen LogP contribution in [0.15, 0.2) is 0 Å². The highest BCUT2D eigenvalue weighted by molar-refractivity contribution is 7.53. The lowest BCUT2D eigenvalue weighted by atomic mass is 10.7. The first-order valence-electron chi connectivity index (χ1n) is 3.39. The zero-order valence-corrected chi connectivity index (χ0v) is 8.18. The van der Waals surface area contributed by atoms with Gasteiger partial charge in [-0.3, -0.25) is 14.2 Å². The number of carbonyl (C=O) groups is 2. The van der Waals surface area contributed by atoms with Gasteiger partial charge < -0.3 is 15.1 Å². The van der Waals surface area contributed by atoms with Gasteiger partial charge in [0.25, 0.3) is 0 Å². The van der Waals surface area contributed by atoms with E-state index in [9.17, 15) is 14.2 Å². The first-order valence-corrected chi connectivity index (χ1v) is 5.15. The van der Waals surface area contributed by atoms with Crippen molar-refractivity contribution in [2.75, 3.05) is 19.8 Å². The van der Waals surface area contributed by atoms with E-state index >= 15 is 0 Å². The van der Waals surface area contributed by atoms with Gasteiger partial charge in [0.1, 0.15) is 12.7 Å². The van der Waals surface area contributed by atoms with Crippen molar-refractivity contribution in [1.29, 1.82) is 0 Å². The molecule has 0 rings (SSSR count). The van der Waals surface area contributed by atoms with Crippen molar-refractivity contribution >= 4 is 19.5 Å². The summed E-state index contributed by atoms with van der Waals surface area (Å²) in [6.07, 6.45) is -1.07. The molecule has 14 heavy (non-hydrogen) atoms. The van der Waals surface area contributed by atoms with Crippen molar-refractivity contribution in [2.45, 2.75) is 0 Å². The monoisotopic (exact) mass is 227 g/mol. The van der Waals surface area contributed by atoms with Crippen molar-refractivity contribution in [3.8, 4) is 0 Å². The Hall–Kier alpha value is -0.950. The van der Waals surface area contributed by atoms with Crippen LogP contribution in [0.25, 0.3) is 0 Å². The van der Waals surface area contributed by atoms with Gasteiger partial charge in [0.2, 0.25) is 0 Å². The van der Waals surface area contributed by atoms with Crippen molar-refractivity contribution in [2.24, 2.45) is 0 Å². The molecule has 0 aliphatic heterocycles. The summed E-state index contributed by atoms with van der Waals surface area (Å²) in [5, 5.41) is 17.0. The second-order valence-electron chi connectivity index (χ2n) is 2.45. The van der Waals surface area contributed by atoms with Crippen LogP contribution in [0.1, 0.15) is 0 Å². The molecule has 0 saturated carbocycles. The minimum Gasteiger partial charge on any atom is -0.481 e. The molecule has 0 aromatic rings. The Bertz CT molecular complexity index is 277. The van der Waals surface area contributed by atoms with E-state index in [4.69, 9.17) is 15.1 Å². The molecule has 1 atom stereocenters. The largest absolute Gasteiger partial charge is 0.481 e. The minimum atomic E-state index is -4.30. The molecule has 0 heterocycles. The molecule has 0 aromatic heterocycles. The molecule has 0 radical (unpaired) electrons. The molecular formula is C5H10NO7P. The molecule has 0 aliphatic rings. The fraction of sp³-hybridized carbons (Fsp3) is 0.600. The summed E-state index contributed by atoms with van der Waals surface area (Å²) >= 11 is 0. The summed E-state index contributed by atoms with van der Waals surface area (Å²) in [6.45, 7) is -0.621. The molecule has 0 fully saturated rings. The van der Waals surface area contributed by atoms with Gasteiger partial charge in [0, 0.05) is 7.05 Å². The van der Waals surface area contributed by atoms with Gasteiger partial charge in [-0.1, -0.05) is 0 Å². The first kappa shape index (κ1) is 13.1. The number of aliphatic carboxylic acids is 2. The van der Waals surface area contributed by atoms with Crippen LogP contribution in [-0.4, -0.2) is 51.9 Å². The summed E-state index contributed by atoms with van der Waals surface area (Å²) < 4.78 is 15.2. The zero-order valence-electron chi connectivity index (χ0n) is 7.28. The molecule has 9 heteroatoms. The average molecular weight is 227 g/mol. The van der Waals surface area contributed by atoms with Gasteiger partial charge in [0.05, 0.1) is 0 Å². The number of carboxylic acid groups (broad SMARTS) is 2. The Morgan fingerprint density at radius 2 is 1.86 bits per heavy atom. The summed E-state index contributed by atoms with van der Waals surface area (Å²) in [6, 6.07) is 0. The lowest BCUT2D eigenvalue weighted by Crippen LogP contribution is -2.25. The number of hydrogen-bond acceptors (Lipinski definition) is 5. The smallest absolute Gasteiger partial charge is 0.355 e. The minimum absolute atomic E-state index is 0.589. The molecule has 0 saturated heterocycles. The molecular weight excluding hydrogens is 217 g/mol. The van der Waals surface area contributed by atoms with E-state index in [2.05, 4.69) is 4.62 Å². The number of rotatable bonds is 6. The van der Waals surface area contributed by atoms with Gasteiger partial charge >= 0.3 is 19.5 Å². The van der Waals surface area contributed by atoms with E-state index in [-0.39, 0.29) is 0 Å². The Labute approximate surface area is 79.2 Å². The number of likely N-dealkylation sites (N-methyl/N-ethyl adjacent to an activating group) is 1. The van der Waals surface area contributed by atoms with Crippen LogP contribution in [0, 0.1) is 0 Å². The molecule has 8 nitrogen and oxygen atoms in total. The third-order valence-electron chi connectivity index (χ3n) is 0.960. The van der Waals surface area contributed by atoms with Gasteiger partial charge in [-0.25, -0.2) is 4.62 Å². The standard InChI is InChI=1S/C5H10NO7P/c1-6(2-4(7)8)13-14(11,12)3-5(9)10/h2-3H2,1H3,(H,7,8)(H,9,10)(H,11,12). The molecule has 3 N–H and O–H groups in total. The average Bonchev–Trinajstić information content (AvgIpc) is 1.77. The van der Waals surface area contributed by atoms with Crippen LogP contribution < -0.4 is 0 Å². The fourth-order valence-corrected chi connectivity index (χ4v) is 1.53. The molecule has 0 aliphatic carbocycles. The number of hydroxylamine groups is 2. The predicted molar refractivity (Wildman–Crippen MR) is 43.7 cm³/mol. The fourth-order valence-electron chi connectivity index (χ4n) is 0.637. The van der Waals surface area contributed by atoms with Crippen LogP contribution in [0.5, 0.6) is 0 Å². The van der Waals surface area contributed by atoms with E-state index in [0.29, 0.717) is 5.06 Å². The third kappa shape index (κ3) is 6.55. The van der Waals surface area contributed by atoms with Crippen molar-refractivity contribution < 1.29 is 33.9 Å². The third-order valence-corrected chi connectivity index (χ3v) is 2.16. The lowest BCUT2D eigenvalue weighted by Gasteiger charge is -2.16. The molecule has 0 bridgehead atoms. The van der Waals surface area contributed by atoms with E-state index in [1.165, 1.54) is 0 Å². The van der Waals surface area contributed by atoms with Crippen LogP contribution >= 0.6 is 7.60 Å². The van der Waals surface area contributed by atoms with Gasteiger partial charge in [-0.2, -0.15) is 5.06 Å². The first-order chi connectivity index (χ1) is 6.23. The summed E-state index contributed by atoms with van der Waals surface area (Å²) in [7, 11) is -3.19. The normalized spacial score (nSPS) is 15.1. The maximum absolute atomic E-state index is 10.9. The maximum Gasteiger partial charge on any atom is 0.355 e. The van der Waals surface area contributed by atoms with Gasteiger partial charge in [-0.15, -0.1) is 0 Å². The highest BCUT2D eigenvalue weighted by atomic mass is 31.2. The SMILES string of the molecule is CN(CC(=O)O)OP(=O)(O)CC(=O)O. The highest BCUT2D eigenvalue weighted by Gasteiger charge is 2.26. The Morgan fingerprint density at radius 3 is 2.21 bits per heavy atom. The van der Waals surface area contributed by atoms with Crippen molar-refractivity contribution in [1.82, 2.24) is 5.06 Å². The molecule has 82 valence electrons. The summed E-state index contributed by atoms with van der Waals surface area (Å²) in [4.78, 5) is 29.1. The summed E-state index contributed by atoms with van der Waals surface area (Å²) in [5.41, 5.74) is 0. The number of hydrogen-bond donors (Lipinski definition) is 3. The highest BCUT2D eigenvalue weighted by Crippen LogP contribution is 2.41. The maximum atomic E-state index is 10.9. The Balaban J connectivity index is 4.14. The van der Waals surface area contributed by atoms with E-state index in [1.807, 2.05) is 0 Å². The Morgan fingerprint density at radius 1 is 1.36 bits per heavy atom. The van der Waals surface area contributed by atoms with Crippen molar-refractivity contribution in [3.63, 3.8) is 0 Å². The van der Waals surface area contributed by atoms with Crippen LogP contribution in [-0.2, 0) is 18.8 Å². The number of carboxylic acids is 2. The lowest BCUT2D eigenvalue weighted by molar-refractivity contribution is -0.146. The topological polar surface area (TPSA) is 124 Å². The van der Waals surface area contributed by atoms with Crippen LogP contribution in [0.3, 0.4) is 0 Å². The zero-order chi connectivity index (χ0) is 11.4. The van der Waals surface area contributed by atoms with E-state index < -0.39 is 32.2 Å². The van der Waals surface area contributed by atoms with Crippen LogP contribution in [0.4, 0.5) is 0 Å². The molecule has 0 spiro atoms. The second kappa shape index (κ2) is 5.06. The Kier molecular flexibility index (Phi) is 4.72. The van der Waals surface area contributed by atoms with Gasteiger partial charge in [0.15, 0.2) is 0 Å². The van der Waals surface area contributed by atoms with Gasteiger partial charge in [-0.05, 0) is 0 Å². The number of nitrogens with zero attached hydrogens (tertiary/aromatic N) is 1. The van der Waals surface area contributed by atoms with Crippen molar-refractivity contribution in [3.05, 3.63) is 0 Å². The van der Waals surface area contributed by atoms with E-state index in [0.717, 1.165) is 7.05 Å².